The highest BCUT2D eigenvalue weighted by Gasteiger charge is 2.39. The van der Waals surface area contributed by atoms with Crippen molar-refractivity contribution >= 4 is 11.7 Å². The summed E-state index contributed by atoms with van der Waals surface area (Å²) >= 11 is 0. The van der Waals surface area contributed by atoms with Crippen molar-refractivity contribution < 1.29 is 19.1 Å². The molecule has 0 saturated carbocycles. The predicted molar refractivity (Wildman–Crippen MR) is 71.2 cm³/mol. The van der Waals surface area contributed by atoms with Crippen LogP contribution in [0.1, 0.15) is 23.2 Å². The lowest BCUT2D eigenvalue weighted by Gasteiger charge is -2.27. The average Bonchev–Trinajstić information content (AvgIpc) is 3.16. The van der Waals surface area contributed by atoms with Gasteiger partial charge < -0.3 is 14.4 Å². The minimum absolute atomic E-state index is 0.141. The Kier molecular flexibility index (Phi) is 3.80. The first-order chi connectivity index (χ1) is 9.77. The van der Waals surface area contributed by atoms with Crippen molar-refractivity contribution in [3.05, 3.63) is 35.9 Å². The zero-order valence-corrected chi connectivity index (χ0v) is 11.2. The summed E-state index contributed by atoms with van der Waals surface area (Å²) in [4.78, 5) is 26.2. The number of benzene rings is 1. The topological polar surface area (TPSA) is 55.8 Å². The van der Waals surface area contributed by atoms with Crippen molar-refractivity contribution in [2.75, 3.05) is 19.8 Å². The summed E-state index contributed by atoms with van der Waals surface area (Å²) in [6.07, 6.45) is 1.31. The molecule has 0 aromatic heterocycles. The lowest BCUT2D eigenvalue weighted by Crippen LogP contribution is -2.46. The van der Waals surface area contributed by atoms with Crippen LogP contribution in [-0.2, 0) is 14.3 Å². The molecule has 5 nitrogen and oxygen atoms in total. The third kappa shape index (κ3) is 2.46. The second-order valence-corrected chi connectivity index (χ2v) is 5.01. The minimum atomic E-state index is -0.463. The summed E-state index contributed by atoms with van der Waals surface area (Å²) in [6.45, 7) is 1.69. The number of carbonyl (C=O) groups is 2. The van der Waals surface area contributed by atoms with Gasteiger partial charge in [-0.25, -0.2) is 0 Å². The summed E-state index contributed by atoms with van der Waals surface area (Å²) in [6, 6.07) is 8.51. The summed E-state index contributed by atoms with van der Waals surface area (Å²) in [5.74, 6) is -0.923. The Labute approximate surface area is 117 Å². The van der Waals surface area contributed by atoms with Gasteiger partial charge in [0, 0.05) is 12.1 Å². The van der Waals surface area contributed by atoms with Gasteiger partial charge in [-0.3, -0.25) is 9.59 Å². The van der Waals surface area contributed by atoms with Gasteiger partial charge in [0.15, 0.2) is 6.29 Å². The van der Waals surface area contributed by atoms with Crippen molar-refractivity contribution in [3.8, 4) is 0 Å². The van der Waals surface area contributed by atoms with E-state index >= 15 is 0 Å². The van der Waals surface area contributed by atoms with Gasteiger partial charge in [-0.2, -0.15) is 0 Å². The fraction of sp³-hybridized carbons (Fsp3) is 0.467. The summed E-state index contributed by atoms with van der Waals surface area (Å²) in [7, 11) is 0. The van der Waals surface area contributed by atoms with E-state index in [2.05, 4.69) is 0 Å². The highest BCUT2D eigenvalue weighted by Crippen LogP contribution is 2.25. The Balaban J connectivity index is 1.74. The molecule has 0 radical (unpaired) electrons. The molecule has 2 heterocycles. The predicted octanol–water partition coefficient (Wildman–Crippen LogP) is 1.23. The van der Waals surface area contributed by atoms with Crippen LogP contribution < -0.4 is 0 Å². The lowest BCUT2D eigenvalue weighted by atomic mass is 10.1. The van der Waals surface area contributed by atoms with Crippen LogP contribution in [0.4, 0.5) is 0 Å². The lowest BCUT2D eigenvalue weighted by molar-refractivity contribution is -0.137. The minimum Gasteiger partial charge on any atom is -0.348 e. The number of amides is 1. The highest BCUT2D eigenvalue weighted by atomic mass is 16.7. The number of nitrogens with zero attached hydrogens (tertiary/aromatic N) is 1. The number of Topliss-reactive ketones (excluding diaryl/α,β-unsaturated/α-hetero) is 1. The van der Waals surface area contributed by atoms with Gasteiger partial charge >= 0.3 is 0 Å². The van der Waals surface area contributed by atoms with E-state index in [1.54, 1.807) is 29.2 Å². The Morgan fingerprint density at radius 1 is 1.10 bits per heavy atom. The Morgan fingerprint density at radius 2 is 1.80 bits per heavy atom. The summed E-state index contributed by atoms with van der Waals surface area (Å²) in [5, 5.41) is 0. The van der Waals surface area contributed by atoms with Crippen LogP contribution in [0.25, 0.3) is 0 Å². The van der Waals surface area contributed by atoms with E-state index in [1.807, 2.05) is 6.07 Å². The fourth-order valence-electron chi connectivity index (χ4n) is 2.77. The molecule has 1 aromatic carbocycles. The van der Waals surface area contributed by atoms with E-state index in [1.165, 1.54) is 0 Å². The van der Waals surface area contributed by atoms with Crippen molar-refractivity contribution in [1.29, 1.82) is 0 Å². The molecule has 2 aliphatic heterocycles. The van der Waals surface area contributed by atoms with Crippen LogP contribution in [-0.4, -0.2) is 48.7 Å². The van der Waals surface area contributed by atoms with E-state index in [0.29, 0.717) is 25.3 Å². The Morgan fingerprint density at radius 3 is 2.50 bits per heavy atom. The van der Waals surface area contributed by atoms with Crippen LogP contribution in [0.2, 0.25) is 0 Å². The highest BCUT2D eigenvalue weighted by molar-refractivity contribution is 6.42. The van der Waals surface area contributed by atoms with Gasteiger partial charge in [-0.15, -0.1) is 0 Å². The molecule has 106 valence electrons. The molecule has 0 bridgehead atoms. The molecule has 2 saturated heterocycles. The van der Waals surface area contributed by atoms with Gasteiger partial charge in [-0.05, 0) is 12.8 Å². The largest absolute Gasteiger partial charge is 0.348 e. The first-order valence-corrected chi connectivity index (χ1v) is 6.91. The number of ether oxygens (including phenoxy) is 2. The smallest absolute Gasteiger partial charge is 0.295 e. The number of ketones is 1. The van der Waals surface area contributed by atoms with E-state index in [9.17, 15) is 9.59 Å². The average molecular weight is 275 g/mol. The maximum atomic E-state index is 12.4. The molecule has 20 heavy (non-hydrogen) atoms. The van der Waals surface area contributed by atoms with Crippen molar-refractivity contribution in [2.45, 2.75) is 25.2 Å². The molecule has 0 N–H and O–H groups in total. The van der Waals surface area contributed by atoms with Crippen LogP contribution in [0, 0.1) is 0 Å². The van der Waals surface area contributed by atoms with E-state index in [4.69, 9.17) is 9.47 Å². The van der Waals surface area contributed by atoms with E-state index < -0.39 is 11.7 Å². The second kappa shape index (κ2) is 5.73. The van der Waals surface area contributed by atoms with Crippen molar-refractivity contribution in [1.82, 2.24) is 4.90 Å². The van der Waals surface area contributed by atoms with Crippen molar-refractivity contribution in [2.24, 2.45) is 0 Å². The molecule has 1 unspecified atom stereocenters. The number of carbonyl (C=O) groups excluding carboxylic acids is 2. The Hall–Kier alpha value is -1.72. The Bertz CT molecular complexity index is 496. The quantitative estimate of drug-likeness (QED) is 0.615. The van der Waals surface area contributed by atoms with Crippen LogP contribution in [0.5, 0.6) is 0 Å². The zero-order chi connectivity index (χ0) is 13.9. The van der Waals surface area contributed by atoms with Gasteiger partial charge in [0.1, 0.15) is 0 Å². The molecule has 2 fully saturated rings. The second-order valence-electron chi connectivity index (χ2n) is 5.01. The molecular formula is C15H17NO4. The van der Waals surface area contributed by atoms with E-state index in [0.717, 1.165) is 12.8 Å². The van der Waals surface area contributed by atoms with Crippen LogP contribution in [0.3, 0.4) is 0 Å². The van der Waals surface area contributed by atoms with Gasteiger partial charge in [0.25, 0.3) is 5.91 Å². The number of likely N-dealkylation sites (tertiary alicyclic amines) is 1. The first kappa shape index (κ1) is 13.3. The SMILES string of the molecule is O=C(C(=O)N1CCCC1C1OCCO1)c1ccccc1. The first-order valence-electron chi connectivity index (χ1n) is 6.91. The number of rotatable bonds is 3. The molecule has 0 spiro atoms. The van der Waals surface area contributed by atoms with Gasteiger partial charge in [-0.1, -0.05) is 30.3 Å². The molecule has 1 amide bonds. The van der Waals surface area contributed by atoms with Crippen molar-refractivity contribution in [3.63, 3.8) is 0 Å². The molecule has 3 rings (SSSR count). The molecule has 1 atom stereocenters. The maximum Gasteiger partial charge on any atom is 0.295 e. The van der Waals surface area contributed by atoms with Gasteiger partial charge in [0.05, 0.1) is 19.3 Å². The number of hydrogen-bond acceptors (Lipinski definition) is 4. The standard InChI is InChI=1S/C15H17NO4/c17-13(11-5-2-1-3-6-11)14(18)16-8-4-7-12(16)15-19-9-10-20-15/h1-3,5-6,12,15H,4,7-10H2. The molecule has 2 aliphatic rings. The molecular weight excluding hydrogens is 258 g/mol. The van der Waals surface area contributed by atoms with Gasteiger partial charge in [0.2, 0.25) is 5.78 Å². The molecule has 5 heteroatoms. The summed E-state index contributed by atoms with van der Waals surface area (Å²) in [5.41, 5.74) is 0.427. The van der Waals surface area contributed by atoms with E-state index in [-0.39, 0.29) is 12.3 Å². The zero-order valence-electron chi connectivity index (χ0n) is 11.2. The third-order valence-corrected chi connectivity index (χ3v) is 3.75. The van der Waals surface area contributed by atoms with Crippen LogP contribution in [0.15, 0.2) is 30.3 Å². The molecule has 0 aliphatic carbocycles. The number of hydrogen-bond donors (Lipinski definition) is 0. The normalized spacial score (nSPS) is 23.2. The third-order valence-electron chi connectivity index (χ3n) is 3.75. The monoisotopic (exact) mass is 275 g/mol. The molecule has 1 aromatic rings. The summed E-state index contributed by atoms with van der Waals surface area (Å²) < 4.78 is 11.0. The van der Waals surface area contributed by atoms with Crippen LogP contribution >= 0.6 is 0 Å². The maximum absolute atomic E-state index is 12.4. The fourth-order valence-corrected chi connectivity index (χ4v) is 2.77.